The molecule has 0 spiro atoms. The van der Waals surface area contributed by atoms with Crippen LogP contribution in [0.2, 0.25) is 0 Å². The maximum Gasteiger partial charge on any atom is 0.240 e. The highest BCUT2D eigenvalue weighted by atomic mass is 32.2. The molecule has 4 nitrogen and oxygen atoms in total. The van der Waals surface area contributed by atoms with Crippen molar-refractivity contribution in [3.63, 3.8) is 0 Å². The molecule has 5 heteroatoms. The molecule has 0 aliphatic carbocycles. The fourth-order valence-electron chi connectivity index (χ4n) is 1.79. The standard InChI is InChI=1S/C11H13NO3S/c1-9-8-16(14,15)12(11(9)13)7-10-5-3-2-4-6-10/h2-6,9H,7-8H2,1H3. The summed E-state index contributed by atoms with van der Waals surface area (Å²) in [5, 5.41) is 0. The molecule has 1 amide bonds. The number of carbonyl (C=O) groups excluding carboxylic acids is 1. The van der Waals surface area contributed by atoms with E-state index in [4.69, 9.17) is 0 Å². The van der Waals surface area contributed by atoms with Gasteiger partial charge < -0.3 is 0 Å². The van der Waals surface area contributed by atoms with E-state index in [1.54, 1.807) is 6.92 Å². The van der Waals surface area contributed by atoms with E-state index in [1.807, 2.05) is 30.3 Å². The van der Waals surface area contributed by atoms with Gasteiger partial charge in [0.2, 0.25) is 15.9 Å². The highest BCUT2D eigenvalue weighted by molar-refractivity contribution is 7.90. The van der Waals surface area contributed by atoms with Gasteiger partial charge in [-0.2, -0.15) is 0 Å². The molecular formula is C11H13NO3S. The van der Waals surface area contributed by atoms with Crippen molar-refractivity contribution in [2.45, 2.75) is 13.5 Å². The number of hydrogen-bond donors (Lipinski definition) is 0. The third kappa shape index (κ3) is 1.95. The number of hydrogen-bond acceptors (Lipinski definition) is 3. The van der Waals surface area contributed by atoms with Crippen LogP contribution in [0.1, 0.15) is 12.5 Å². The second kappa shape index (κ2) is 3.90. The number of amides is 1. The van der Waals surface area contributed by atoms with E-state index in [1.165, 1.54) is 0 Å². The van der Waals surface area contributed by atoms with Gasteiger partial charge in [0, 0.05) is 0 Å². The van der Waals surface area contributed by atoms with E-state index in [2.05, 4.69) is 0 Å². The molecule has 0 radical (unpaired) electrons. The number of carbonyl (C=O) groups is 1. The van der Waals surface area contributed by atoms with Crippen LogP contribution in [0.5, 0.6) is 0 Å². The van der Waals surface area contributed by atoms with Gasteiger partial charge in [-0.1, -0.05) is 37.3 Å². The molecule has 0 saturated carbocycles. The first-order valence-electron chi connectivity index (χ1n) is 5.09. The molecule has 16 heavy (non-hydrogen) atoms. The topological polar surface area (TPSA) is 54.5 Å². The monoisotopic (exact) mass is 239 g/mol. The van der Waals surface area contributed by atoms with Gasteiger partial charge in [-0.3, -0.25) is 4.79 Å². The van der Waals surface area contributed by atoms with Crippen LogP contribution in [0.15, 0.2) is 30.3 Å². The molecule has 0 aromatic heterocycles. The van der Waals surface area contributed by atoms with Crippen molar-refractivity contribution < 1.29 is 13.2 Å². The van der Waals surface area contributed by atoms with Crippen LogP contribution < -0.4 is 0 Å². The van der Waals surface area contributed by atoms with Gasteiger partial charge in [-0.05, 0) is 5.56 Å². The summed E-state index contributed by atoms with van der Waals surface area (Å²) in [7, 11) is -3.40. The normalized spacial score (nSPS) is 23.7. The Morgan fingerprint density at radius 3 is 2.44 bits per heavy atom. The summed E-state index contributed by atoms with van der Waals surface area (Å²) in [6.45, 7) is 1.79. The maximum absolute atomic E-state index is 11.7. The average Bonchev–Trinajstić information content (AvgIpc) is 2.42. The van der Waals surface area contributed by atoms with E-state index in [-0.39, 0.29) is 18.2 Å². The van der Waals surface area contributed by atoms with Crippen LogP contribution in [0.25, 0.3) is 0 Å². The molecule has 1 aliphatic heterocycles. The van der Waals surface area contributed by atoms with E-state index in [9.17, 15) is 13.2 Å². The van der Waals surface area contributed by atoms with Crippen molar-refractivity contribution in [2.24, 2.45) is 5.92 Å². The second-order valence-electron chi connectivity index (χ2n) is 4.01. The summed E-state index contributed by atoms with van der Waals surface area (Å²) in [6.07, 6.45) is 0. The smallest absolute Gasteiger partial charge is 0.240 e. The Morgan fingerprint density at radius 2 is 1.94 bits per heavy atom. The minimum atomic E-state index is -3.40. The summed E-state index contributed by atoms with van der Waals surface area (Å²) >= 11 is 0. The van der Waals surface area contributed by atoms with Crippen molar-refractivity contribution in [2.75, 3.05) is 5.75 Å². The zero-order chi connectivity index (χ0) is 11.8. The van der Waals surface area contributed by atoms with Crippen molar-refractivity contribution in [1.82, 2.24) is 4.31 Å². The zero-order valence-corrected chi connectivity index (χ0v) is 9.78. The van der Waals surface area contributed by atoms with Crippen molar-refractivity contribution in [1.29, 1.82) is 0 Å². The third-order valence-corrected chi connectivity index (χ3v) is 4.53. The van der Waals surface area contributed by atoms with Crippen LogP contribution in [0.4, 0.5) is 0 Å². The largest absolute Gasteiger partial charge is 0.273 e. The number of rotatable bonds is 2. The van der Waals surface area contributed by atoms with Crippen LogP contribution >= 0.6 is 0 Å². The van der Waals surface area contributed by atoms with Gasteiger partial charge in [-0.25, -0.2) is 12.7 Å². The lowest BCUT2D eigenvalue weighted by Gasteiger charge is -2.14. The Labute approximate surface area is 94.9 Å². The van der Waals surface area contributed by atoms with Crippen molar-refractivity contribution in [3.8, 4) is 0 Å². The molecule has 1 aromatic rings. The molecule has 1 heterocycles. The summed E-state index contributed by atoms with van der Waals surface area (Å²) in [5.74, 6) is -0.795. The van der Waals surface area contributed by atoms with Gasteiger partial charge in [0.1, 0.15) is 0 Å². The number of sulfonamides is 1. The Bertz CT molecular complexity index is 495. The molecule has 0 bridgehead atoms. The lowest BCUT2D eigenvalue weighted by molar-refractivity contribution is -0.128. The van der Waals surface area contributed by atoms with E-state index in [0.29, 0.717) is 0 Å². The third-order valence-electron chi connectivity index (χ3n) is 2.63. The van der Waals surface area contributed by atoms with Crippen LogP contribution in [-0.2, 0) is 21.4 Å². The Morgan fingerprint density at radius 1 is 1.31 bits per heavy atom. The highest BCUT2D eigenvalue weighted by Gasteiger charge is 2.40. The molecule has 2 rings (SSSR count). The molecule has 1 unspecified atom stereocenters. The molecule has 1 atom stereocenters. The lowest BCUT2D eigenvalue weighted by Crippen LogP contribution is -2.29. The number of benzene rings is 1. The van der Waals surface area contributed by atoms with Gasteiger partial charge in [0.15, 0.2) is 0 Å². The molecule has 1 aliphatic rings. The van der Waals surface area contributed by atoms with E-state index in [0.717, 1.165) is 9.87 Å². The van der Waals surface area contributed by atoms with Crippen LogP contribution in [-0.4, -0.2) is 24.4 Å². The first-order chi connectivity index (χ1) is 7.50. The van der Waals surface area contributed by atoms with Gasteiger partial charge in [0.05, 0.1) is 18.2 Å². The Kier molecular flexibility index (Phi) is 2.71. The Balaban J connectivity index is 2.25. The van der Waals surface area contributed by atoms with Gasteiger partial charge >= 0.3 is 0 Å². The number of nitrogens with zero attached hydrogens (tertiary/aromatic N) is 1. The van der Waals surface area contributed by atoms with Crippen molar-refractivity contribution in [3.05, 3.63) is 35.9 Å². The highest BCUT2D eigenvalue weighted by Crippen LogP contribution is 2.22. The van der Waals surface area contributed by atoms with E-state index < -0.39 is 15.9 Å². The fraction of sp³-hybridized carbons (Fsp3) is 0.364. The first kappa shape index (κ1) is 11.1. The predicted molar refractivity (Wildman–Crippen MR) is 59.9 cm³/mol. The quantitative estimate of drug-likeness (QED) is 0.773. The summed E-state index contributed by atoms with van der Waals surface area (Å²) < 4.78 is 24.4. The molecule has 1 saturated heterocycles. The molecular weight excluding hydrogens is 226 g/mol. The lowest BCUT2D eigenvalue weighted by atomic mass is 10.2. The second-order valence-corrected chi connectivity index (χ2v) is 5.95. The van der Waals surface area contributed by atoms with E-state index >= 15 is 0 Å². The molecule has 1 fully saturated rings. The summed E-state index contributed by atoms with van der Waals surface area (Å²) in [4.78, 5) is 11.7. The summed E-state index contributed by atoms with van der Waals surface area (Å²) in [5.41, 5.74) is 0.827. The zero-order valence-electron chi connectivity index (χ0n) is 8.96. The fourth-order valence-corrected chi connectivity index (χ4v) is 3.54. The predicted octanol–water partition coefficient (Wildman–Crippen LogP) is 0.995. The van der Waals surface area contributed by atoms with Gasteiger partial charge in [0.25, 0.3) is 0 Å². The minimum Gasteiger partial charge on any atom is -0.273 e. The summed E-state index contributed by atoms with van der Waals surface area (Å²) in [6, 6.07) is 9.13. The maximum atomic E-state index is 11.7. The van der Waals surface area contributed by atoms with Crippen molar-refractivity contribution >= 4 is 15.9 Å². The molecule has 86 valence electrons. The minimum absolute atomic E-state index is 0.0708. The average molecular weight is 239 g/mol. The molecule has 1 aromatic carbocycles. The van der Waals surface area contributed by atoms with Gasteiger partial charge in [-0.15, -0.1) is 0 Å². The molecule has 0 N–H and O–H groups in total. The van der Waals surface area contributed by atoms with Crippen LogP contribution in [0, 0.1) is 5.92 Å². The Hall–Kier alpha value is -1.36. The SMILES string of the molecule is CC1CS(=O)(=O)N(Cc2ccccc2)C1=O. The van der Waals surface area contributed by atoms with Crippen LogP contribution in [0.3, 0.4) is 0 Å². The first-order valence-corrected chi connectivity index (χ1v) is 6.70.